The van der Waals surface area contributed by atoms with Crippen LogP contribution in [-0.2, 0) is 0 Å². The van der Waals surface area contributed by atoms with E-state index in [2.05, 4.69) is 42.9 Å². The zero-order chi connectivity index (χ0) is 11.5. The van der Waals surface area contributed by atoms with Gasteiger partial charge in [0.2, 0.25) is 0 Å². The number of thiazole rings is 1. The van der Waals surface area contributed by atoms with Crippen molar-refractivity contribution in [1.82, 2.24) is 10.3 Å². The van der Waals surface area contributed by atoms with Crippen LogP contribution in [0.4, 0.5) is 0 Å². The minimum Gasteiger partial charge on any atom is -0.309 e. The molecule has 0 saturated carbocycles. The molecule has 2 heterocycles. The Bertz CT molecular complexity index is 459. The molecule has 0 bridgehead atoms. The molecule has 2 nitrogen and oxygen atoms in total. The molecule has 2 aromatic rings. The summed E-state index contributed by atoms with van der Waals surface area (Å²) in [5, 5.41) is 8.81. The minimum atomic E-state index is 0.343. The van der Waals surface area contributed by atoms with Crippen molar-refractivity contribution in [3.63, 3.8) is 0 Å². The van der Waals surface area contributed by atoms with Crippen LogP contribution in [-0.4, -0.2) is 11.5 Å². The lowest BCUT2D eigenvalue weighted by atomic mass is 10.2. The van der Waals surface area contributed by atoms with Crippen LogP contribution in [0.3, 0.4) is 0 Å². The van der Waals surface area contributed by atoms with Crippen molar-refractivity contribution in [3.8, 4) is 9.88 Å². The van der Waals surface area contributed by atoms with E-state index in [0.29, 0.717) is 6.04 Å². The van der Waals surface area contributed by atoms with Gasteiger partial charge in [-0.25, -0.2) is 4.98 Å². The third kappa shape index (κ3) is 2.34. The maximum atomic E-state index is 4.70. The van der Waals surface area contributed by atoms with Crippen molar-refractivity contribution in [2.75, 3.05) is 6.54 Å². The molecule has 0 aliphatic heterocycles. The lowest BCUT2D eigenvalue weighted by Gasteiger charge is -2.08. The smallest absolute Gasteiger partial charge is 0.133 e. The quantitative estimate of drug-likeness (QED) is 0.894. The summed E-state index contributed by atoms with van der Waals surface area (Å²) in [6, 6.07) is 2.49. The third-order valence-corrected chi connectivity index (χ3v) is 4.56. The predicted molar refractivity (Wildman–Crippen MR) is 72.3 cm³/mol. The normalized spacial score (nSPS) is 12.9. The molecule has 0 amide bonds. The summed E-state index contributed by atoms with van der Waals surface area (Å²) < 4.78 is 0. The van der Waals surface area contributed by atoms with Gasteiger partial charge in [0.05, 0.1) is 10.6 Å². The first-order valence-electron chi connectivity index (χ1n) is 5.45. The van der Waals surface area contributed by atoms with Crippen LogP contribution in [0, 0.1) is 6.92 Å². The molecule has 0 saturated heterocycles. The van der Waals surface area contributed by atoms with E-state index in [9.17, 15) is 0 Å². The molecule has 0 aromatic carbocycles. The van der Waals surface area contributed by atoms with Crippen LogP contribution in [0.1, 0.15) is 31.1 Å². The lowest BCUT2D eigenvalue weighted by molar-refractivity contribution is 0.587. The summed E-state index contributed by atoms with van der Waals surface area (Å²) in [4.78, 5) is 6.00. The molecule has 2 aromatic heterocycles. The van der Waals surface area contributed by atoms with E-state index in [1.54, 1.807) is 22.7 Å². The molecule has 0 radical (unpaired) electrons. The fraction of sp³-hybridized carbons (Fsp3) is 0.417. The highest BCUT2D eigenvalue weighted by Gasteiger charge is 2.12. The van der Waals surface area contributed by atoms with Crippen molar-refractivity contribution < 1.29 is 0 Å². The van der Waals surface area contributed by atoms with Gasteiger partial charge < -0.3 is 5.32 Å². The monoisotopic (exact) mass is 252 g/mol. The van der Waals surface area contributed by atoms with Gasteiger partial charge in [0.1, 0.15) is 5.01 Å². The first-order chi connectivity index (χ1) is 7.72. The zero-order valence-corrected chi connectivity index (χ0v) is 11.4. The molecule has 1 unspecified atom stereocenters. The second-order valence-electron chi connectivity index (χ2n) is 3.79. The van der Waals surface area contributed by atoms with E-state index in [4.69, 9.17) is 4.98 Å². The molecule has 0 spiro atoms. The Labute approximate surface area is 104 Å². The van der Waals surface area contributed by atoms with Crippen LogP contribution >= 0.6 is 22.7 Å². The summed E-state index contributed by atoms with van der Waals surface area (Å²) >= 11 is 3.50. The predicted octanol–water partition coefficient (Wildman–Crippen LogP) is 3.85. The van der Waals surface area contributed by atoms with Crippen LogP contribution < -0.4 is 5.32 Å². The van der Waals surface area contributed by atoms with Gasteiger partial charge in [-0.3, -0.25) is 0 Å². The Balaban J connectivity index is 2.23. The number of hydrogen-bond donors (Lipinski definition) is 1. The fourth-order valence-electron chi connectivity index (χ4n) is 1.59. The number of aromatic nitrogens is 1. The van der Waals surface area contributed by atoms with Gasteiger partial charge in [-0.15, -0.1) is 22.7 Å². The Hall–Kier alpha value is -0.710. The van der Waals surface area contributed by atoms with Gasteiger partial charge >= 0.3 is 0 Å². The summed E-state index contributed by atoms with van der Waals surface area (Å²) in [5.74, 6) is 0. The van der Waals surface area contributed by atoms with E-state index in [-0.39, 0.29) is 0 Å². The van der Waals surface area contributed by atoms with Crippen LogP contribution in [0.15, 0.2) is 16.8 Å². The number of rotatable bonds is 4. The van der Waals surface area contributed by atoms with Crippen molar-refractivity contribution in [3.05, 3.63) is 28.1 Å². The topological polar surface area (TPSA) is 24.9 Å². The summed E-state index contributed by atoms with van der Waals surface area (Å²) in [6.45, 7) is 7.39. The number of nitrogens with one attached hydrogen (secondary N) is 1. The maximum Gasteiger partial charge on any atom is 0.133 e. The second-order valence-corrected chi connectivity index (χ2v) is 5.56. The molecule has 86 valence electrons. The molecular formula is C12H16N2S2. The van der Waals surface area contributed by atoms with E-state index in [1.165, 1.54) is 10.4 Å². The van der Waals surface area contributed by atoms with Crippen molar-refractivity contribution in [1.29, 1.82) is 0 Å². The molecule has 16 heavy (non-hydrogen) atoms. The van der Waals surface area contributed by atoms with Gasteiger partial charge in [-0.2, -0.15) is 0 Å². The van der Waals surface area contributed by atoms with Crippen molar-refractivity contribution >= 4 is 22.7 Å². The zero-order valence-electron chi connectivity index (χ0n) is 9.78. The number of aryl methyl sites for hydroxylation is 1. The van der Waals surface area contributed by atoms with Crippen LogP contribution in [0.2, 0.25) is 0 Å². The SMILES string of the molecule is CCNC(C)c1csc(-c2sccc2C)n1. The number of nitrogens with zero attached hydrogens (tertiary/aromatic N) is 1. The molecule has 2 rings (SSSR count). The highest BCUT2D eigenvalue weighted by Crippen LogP contribution is 2.32. The van der Waals surface area contributed by atoms with E-state index in [0.717, 1.165) is 17.2 Å². The van der Waals surface area contributed by atoms with E-state index >= 15 is 0 Å². The average Bonchev–Trinajstić information content (AvgIpc) is 2.86. The van der Waals surface area contributed by atoms with Gasteiger partial charge in [0.25, 0.3) is 0 Å². The highest BCUT2D eigenvalue weighted by atomic mass is 32.1. The Kier molecular flexibility index (Phi) is 3.74. The summed E-state index contributed by atoms with van der Waals surface area (Å²) in [6.07, 6.45) is 0. The molecule has 4 heteroatoms. The Morgan fingerprint density at radius 2 is 2.25 bits per heavy atom. The molecule has 1 N–H and O–H groups in total. The molecular weight excluding hydrogens is 236 g/mol. The second kappa shape index (κ2) is 5.08. The average molecular weight is 252 g/mol. The van der Waals surface area contributed by atoms with Gasteiger partial charge in [0.15, 0.2) is 0 Å². The van der Waals surface area contributed by atoms with Crippen molar-refractivity contribution in [2.24, 2.45) is 0 Å². The maximum absolute atomic E-state index is 4.70. The highest BCUT2D eigenvalue weighted by molar-refractivity contribution is 7.20. The summed E-state index contributed by atoms with van der Waals surface area (Å²) in [5.41, 5.74) is 2.47. The Morgan fingerprint density at radius 3 is 2.88 bits per heavy atom. The number of hydrogen-bond acceptors (Lipinski definition) is 4. The first-order valence-corrected chi connectivity index (χ1v) is 7.21. The standard InChI is InChI=1S/C12H16N2S2/c1-4-13-9(3)10-7-16-12(14-10)11-8(2)5-6-15-11/h5-7,9,13H,4H2,1-3H3. The minimum absolute atomic E-state index is 0.343. The van der Waals surface area contributed by atoms with Crippen LogP contribution in [0.5, 0.6) is 0 Å². The summed E-state index contributed by atoms with van der Waals surface area (Å²) in [7, 11) is 0. The van der Waals surface area contributed by atoms with Crippen LogP contribution in [0.25, 0.3) is 9.88 Å². The fourth-order valence-corrected chi connectivity index (χ4v) is 3.60. The molecule has 0 fully saturated rings. The molecule has 0 aliphatic carbocycles. The Morgan fingerprint density at radius 1 is 1.44 bits per heavy atom. The first kappa shape index (κ1) is 11.8. The largest absolute Gasteiger partial charge is 0.309 e. The van der Waals surface area contributed by atoms with Crippen molar-refractivity contribution in [2.45, 2.75) is 26.8 Å². The lowest BCUT2D eigenvalue weighted by Crippen LogP contribution is -2.17. The van der Waals surface area contributed by atoms with Gasteiger partial charge in [-0.05, 0) is 37.4 Å². The molecule has 1 atom stereocenters. The number of thiophene rings is 1. The molecule has 0 aliphatic rings. The third-order valence-electron chi connectivity index (χ3n) is 2.53. The van der Waals surface area contributed by atoms with Gasteiger partial charge in [-0.1, -0.05) is 6.92 Å². The van der Waals surface area contributed by atoms with E-state index in [1.807, 2.05) is 0 Å². The van der Waals surface area contributed by atoms with Gasteiger partial charge in [0, 0.05) is 11.4 Å². The van der Waals surface area contributed by atoms with E-state index < -0.39 is 0 Å².